The molecule has 0 spiro atoms. The molecule has 1 saturated heterocycles. The highest BCUT2D eigenvalue weighted by Gasteiger charge is 1.96. The van der Waals surface area contributed by atoms with Crippen LogP contribution in [0.3, 0.4) is 0 Å². The van der Waals surface area contributed by atoms with E-state index in [1.54, 1.807) is 0 Å². The van der Waals surface area contributed by atoms with Gasteiger partial charge in [-0.2, -0.15) is 0 Å². The average molecular weight is 202 g/mol. The van der Waals surface area contributed by atoms with Gasteiger partial charge in [-0.05, 0) is 0 Å². The standard InChI is InChI=1S/C10H24N4/c1-3-11-7-9-13-5-2-6-14-10-8-12-4-1/h11-14H,1-10H2/p+2. The van der Waals surface area contributed by atoms with E-state index in [4.69, 9.17) is 0 Å². The van der Waals surface area contributed by atoms with Crippen molar-refractivity contribution in [2.24, 2.45) is 0 Å². The lowest BCUT2D eigenvalue weighted by Crippen LogP contribution is -2.87. The molecule has 0 aromatic rings. The van der Waals surface area contributed by atoms with E-state index in [-0.39, 0.29) is 0 Å². The molecule has 4 heteroatoms. The van der Waals surface area contributed by atoms with E-state index in [0.717, 1.165) is 13.1 Å². The van der Waals surface area contributed by atoms with E-state index in [1.165, 1.54) is 52.1 Å². The van der Waals surface area contributed by atoms with Gasteiger partial charge in [-0.25, -0.2) is 0 Å². The molecule has 0 aromatic carbocycles. The molecular weight excluding hydrogens is 176 g/mol. The minimum atomic E-state index is 1.16. The predicted octanol–water partition coefficient (Wildman–Crippen LogP) is -2.91. The molecule has 1 fully saturated rings. The first kappa shape index (κ1) is 11.9. The summed E-state index contributed by atoms with van der Waals surface area (Å²) in [6.45, 7) is 9.65. The molecule has 0 radical (unpaired) electrons. The van der Waals surface area contributed by atoms with Crippen molar-refractivity contribution >= 4 is 0 Å². The van der Waals surface area contributed by atoms with Crippen molar-refractivity contribution in [3.8, 4) is 0 Å². The van der Waals surface area contributed by atoms with Gasteiger partial charge in [0.2, 0.25) is 0 Å². The fourth-order valence-electron chi connectivity index (χ4n) is 1.69. The van der Waals surface area contributed by atoms with Crippen LogP contribution < -0.4 is 21.3 Å². The van der Waals surface area contributed by atoms with Gasteiger partial charge in [0.05, 0.1) is 26.2 Å². The summed E-state index contributed by atoms with van der Waals surface area (Å²) < 4.78 is 0. The van der Waals surface area contributed by atoms with Crippen LogP contribution in [0.25, 0.3) is 0 Å². The zero-order valence-electron chi connectivity index (χ0n) is 9.23. The Balaban J connectivity index is 2.00. The minimum Gasteiger partial charge on any atom is -0.345 e. The molecule has 1 rings (SSSR count). The summed E-state index contributed by atoms with van der Waals surface area (Å²) >= 11 is 0. The number of nitrogens with one attached hydrogen (secondary N) is 2. The zero-order chi connectivity index (χ0) is 9.90. The Hall–Kier alpha value is -0.160. The summed E-state index contributed by atoms with van der Waals surface area (Å²) in [5.74, 6) is 0. The molecular formula is C10H26N4+2. The first-order valence-corrected chi connectivity index (χ1v) is 6.05. The molecule has 14 heavy (non-hydrogen) atoms. The van der Waals surface area contributed by atoms with Gasteiger partial charge in [0.25, 0.3) is 0 Å². The molecule has 1 heterocycles. The summed E-state index contributed by atoms with van der Waals surface area (Å²) in [4.78, 5) is 0. The van der Waals surface area contributed by atoms with Crippen molar-refractivity contribution in [2.45, 2.75) is 12.8 Å². The molecule has 4 nitrogen and oxygen atoms in total. The third-order valence-electron chi connectivity index (χ3n) is 2.57. The first-order chi connectivity index (χ1) is 7.00. The molecule has 0 saturated carbocycles. The van der Waals surface area contributed by atoms with Crippen molar-refractivity contribution in [3.63, 3.8) is 0 Å². The Morgan fingerprint density at radius 1 is 0.571 bits per heavy atom. The molecule has 6 N–H and O–H groups in total. The van der Waals surface area contributed by atoms with E-state index >= 15 is 0 Å². The molecule has 0 aliphatic carbocycles. The minimum absolute atomic E-state index is 1.16. The summed E-state index contributed by atoms with van der Waals surface area (Å²) in [7, 11) is 0. The fourth-order valence-corrected chi connectivity index (χ4v) is 1.69. The maximum absolute atomic E-state index is 3.47. The summed E-state index contributed by atoms with van der Waals surface area (Å²) in [6, 6.07) is 0. The van der Waals surface area contributed by atoms with Crippen molar-refractivity contribution in [3.05, 3.63) is 0 Å². The topological polar surface area (TPSA) is 57.3 Å². The van der Waals surface area contributed by atoms with Gasteiger partial charge in [-0.15, -0.1) is 0 Å². The van der Waals surface area contributed by atoms with Gasteiger partial charge < -0.3 is 21.3 Å². The third kappa shape index (κ3) is 7.26. The van der Waals surface area contributed by atoms with Gasteiger partial charge in [-0.3, -0.25) is 0 Å². The lowest BCUT2D eigenvalue weighted by atomic mass is 10.3. The molecule has 0 amide bonds. The monoisotopic (exact) mass is 202 g/mol. The van der Waals surface area contributed by atoms with Crippen LogP contribution in [0.4, 0.5) is 0 Å². The van der Waals surface area contributed by atoms with Crippen molar-refractivity contribution in [1.82, 2.24) is 10.6 Å². The summed E-state index contributed by atoms with van der Waals surface area (Å²) in [5, 5.41) is 11.8. The van der Waals surface area contributed by atoms with Crippen LogP contribution in [0.1, 0.15) is 12.8 Å². The van der Waals surface area contributed by atoms with Crippen LogP contribution in [-0.4, -0.2) is 52.4 Å². The Bertz CT molecular complexity index is 65.4. The number of rotatable bonds is 0. The SMILES string of the molecule is C1CNCC[NH2+]CCCNCC[NH2+]C1. The van der Waals surface area contributed by atoms with Crippen LogP contribution in [0.5, 0.6) is 0 Å². The number of hydrogen-bond donors (Lipinski definition) is 4. The van der Waals surface area contributed by atoms with Gasteiger partial charge in [0.1, 0.15) is 0 Å². The second kappa shape index (κ2) is 9.40. The van der Waals surface area contributed by atoms with Gasteiger partial charge in [0, 0.05) is 39.0 Å². The highest BCUT2D eigenvalue weighted by atomic mass is 15.0. The van der Waals surface area contributed by atoms with Crippen LogP contribution in [0.2, 0.25) is 0 Å². The van der Waals surface area contributed by atoms with Gasteiger partial charge in [0.15, 0.2) is 0 Å². The Morgan fingerprint density at radius 2 is 1.07 bits per heavy atom. The maximum atomic E-state index is 3.47. The smallest absolute Gasteiger partial charge is 0.0882 e. The normalized spacial score (nSPS) is 24.0. The Kier molecular flexibility index (Phi) is 8.00. The van der Waals surface area contributed by atoms with Crippen molar-refractivity contribution in [2.75, 3.05) is 52.4 Å². The number of hydrogen-bond acceptors (Lipinski definition) is 2. The summed E-state index contributed by atoms with van der Waals surface area (Å²) in [6.07, 6.45) is 2.58. The zero-order valence-corrected chi connectivity index (χ0v) is 9.23. The Morgan fingerprint density at radius 3 is 1.57 bits per heavy atom. The van der Waals surface area contributed by atoms with Crippen LogP contribution in [0, 0.1) is 0 Å². The lowest BCUT2D eigenvalue weighted by Gasteiger charge is -2.07. The first-order valence-electron chi connectivity index (χ1n) is 6.05. The molecule has 0 aromatic heterocycles. The van der Waals surface area contributed by atoms with Gasteiger partial charge >= 0.3 is 0 Å². The molecule has 0 unspecified atom stereocenters. The molecule has 1 aliphatic heterocycles. The van der Waals surface area contributed by atoms with E-state index < -0.39 is 0 Å². The quantitative estimate of drug-likeness (QED) is 0.340. The third-order valence-corrected chi connectivity index (χ3v) is 2.57. The van der Waals surface area contributed by atoms with E-state index in [0.29, 0.717) is 0 Å². The van der Waals surface area contributed by atoms with Crippen molar-refractivity contribution in [1.29, 1.82) is 0 Å². The number of quaternary nitrogens is 2. The van der Waals surface area contributed by atoms with Crippen LogP contribution in [0.15, 0.2) is 0 Å². The number of nitrogens with two attached hydrogens (primary N) is 2. The van der Waals surface area contributed by atoms with Gasteiger partial charge in [-0.1, -0.05) is 0 Å². The van der Waals surface area contributed by atoms with Crippen LogP contribution >= 0.6 is 0 Å². The van der Waals surface area contributed by atoms with Crippen molar-refractivity contribution < 1.29 is 10.6 Å². The van der Waals surface area contributed by atoms with E-state index in [2.05, 4.69) is 21.3 Å². The summed E-state index contributed by atoms with van der Waals surface area (Å²) in [5.41, 5.74) is 0. The average Bonchev–Trinajstić information content (AvgIpc) is 2.22. The highest BCUT2D eigenvalue weighted by Crippen LogP contribution is 1.69. The Labute approximate surface area is 87.2 Å². The second-order valence-electron chi connectivity index (χ2n) is 3.94. The second-order valence-corrected chi connectivity index (χ2v) is 3.94. The predicted molar refractivity (Wildman–Crippen MR) is 58.3 cm³/mol. The molecule has 84 valence electrons. The largest absolute Gasteiger partial charge is 0.345 e. The maximum Gasteiger partial charge on any atom is 0.0882 e. The molecule has 0 atom stereocenters. The highest BCUT2D eigenvalue weighted by molar-refractivity contribution is 4.47. The van der Waals surface area contributed by atoms with E-state index in [9.17, 15) is 0 Å². The molecule has 0 bridgehead atoms. The fraction of sp³-hybridized carbons (Fsp3) is 1.00. The molecule has 1 aliphatic rings. The van der Waals surface area contributed by atoms with Crippen LogP contribution in [-0.2, 0) is 0 Å². The van der Waals surface area contributed by atoms with E-state index in [1.807, 2.05) is 0 Å². The lowest BCUT2D eigenvalue weighted by molar-refractivity contribution is -0.655.